The number of aromatic amines is 1. The zero-order valence-electron chi connectivity index (χ0n) is 13.8. The lowest BCUT2D eigenvalue weighted by molar-refractivity contribution is 0.455. The van der Waals surface area contributed by atoms with E-state index in [4.69, 9.17) is 0 Å². The van der Waals surface area contributed by atoms with Crippen molar-refractivity contribution in [1.82, 2.24) is 15.0 Å². The average molecular weight is 311 g/mol. The minimum atomic E-state index is -0.00873. The van der Waals surface area contributed by atoms with Gasteiger partial charge in [0.05, 0.1) is 0 Å². The topological polar surface area (TPSA) is 77.4 Å². The molecule has 0 amide bonds. The molecule has 0 aliphatic carbocycles. The molecular formula is C17H21N5O. The summed E-state index contributed by atoms with van der Waals surface area (Å²) < 4.78 is 0. The molecule has 120 valence electrons. The summed E-state index contributed by atoms with van der Waals surface area (Å²) in [5.74, 6) is 1.86. The molecule has 2 N–H and O–H groups in total. The molecule has 3 rings (SSSR count). The standard InChI is InChI=1S/C17H21N5O/c1-10(2)9-22(4)17-20-14(16(23)21-17)6-12-8-19-15-13(12)5-11(3)7-18-15/h5-8,10,23H,9H2,1-4H3,(H,20,21). The molecule has 0 unspecified atom stereocenters. The summed E-state index contributed by atoms with van der Waals surface area (Å²) in [5.41, 5.74) is 3.53. The Morgan fingerprint density at radius 1 is 1.39 bits per heavy atom. The van der Waals surface area contributed by atoms with Crippen molar-refractivity contribution in [2.24, 2.45) is 10.9 Å². The van der Waals surface area contributed by atoms with Crippen LogP contribution in [0.25, 0.3) is 11.6 Å². The maximum Gasteiger partial charge on any atom is 0.238 e. The fraction of sp³-hybridized carbons (Fsp3) is 0.353. The molecule has 0 bridgehead atoms. The number of aromatic nitrogens is 3. The number of hydrogen-bond donors (Lipinski definition) is 2. The van der Waals surface area contributed by atoms with Crippen LogP contribution in [0.1, 0.15) is 30.7 Å². The molecule has 0 aromatic carbocycles. The van der Waals surface area contributed by atoms with E-state index in [0.717, 1.165) is 23.2 Å². The van der Waals surface area contributed by atoms with Crippen molar-refractivity contribution in [2.75, 3.05) is 18.5 Å². The number of nitrogens with one attached hydrogen (secondary N) is 1. The molecule has 0 saturated carbocycles. The van der Waals surface area contributed by atoms with Crippen molar-refractivity contribution in [3.8, 4) is 5.88 Å². The van der Waals surface area contributed by atoms with Crippen LogP contribution >= 0.6 is 0 Å². The molecule has 0 atom stereocenters. The third-order valence-corrected chi connectivity index (χ3v) is 3.64. The number of aliphatic imine (C=N–C) groups is 1. The first-order valence-corrected chi connectivity index (χ1v) is 7.67. The van der Waals surface area contributed by atoms with Gasteiger partial charge in [-0.3, -0.25) is 0 Å². The molecule has 6 heteroatoms. The Hall–Kier alpha value is -2.63. The summed E-state index contributed by atoms with van der Waals surface area (Å²) in [7, 11) is 1.95. The Bertz CT molecular complexity index is 788. The first-order chi connectivity index (χ1) is 10.9. The minimum Gasteiger partial charge on any atom is -0.492 e. The SMILES string of the molecule is Cc1cnc2c(c1)C(=Cc1[nH]c(N(C)CC(C)C)nc1O)C=N2. The van der Waals surface area contributed by atoms with Crippen molar-refractivity contribution < 1.29 is 5.11 Å². The van der Waals surface area contributed by atoms with Gasteiger partial charge >= 0.3 is 0 Å². The monoisotopic (exact) mass is 311 g/mol. The molecule has 0 saturated heterocycles. The lowest BCUT2D eigenvalue weighted by Crippen LogP contribution is -2.23. The summed E-state index contributed by atoms with van der Waals surface area (Å²) in [4.78, 5) is 18.0. The number of imidazole rings is 1. The van der Waals surface area contributed by atoms with E-state index < -0.39 is 0 Å². The Morgan fingerprint density at radius 2 is 2.17 bits per heavy atom. The van der Waals surface area contributed by atoms with Gasteiger partial charge in [0, 0.05) is 37.1 Å². The van der Waals surface area contributed by atoms with Gasteiger partial charge in [-0.1, -0.05) is 13.8 Å². The Balaban J connectivity index is 1.92. The quantitative estimate of drug-likeness (QED) is 0.909. The van der Waals surface area contributed by atoms with E-state index in [1.54, 1.807) is 12.4 Å². The van der Waals surface area contributed by atoms with Crippen LogP contribution in [0, 0.1) is 12.8 Å². The van der Waals surface area contributed by atoms with Crippen molar-refractivity contribution in [3.63, 3.8) is 0 Å². The lowest BCUT2D eigenvalue weighted by Gasteiger charge is -2.17. The van der Waals surface area contributed by atoms with Gasteiger partial charge in [-0.2, -0.15) is 4.98 Å². The normalized spacial score (nSPS) is 14.7. The lowest BCUT2D eigenvalue weighted by atomic mass is 10.1. The predicted molar refractivity (Wildman–Crippen MR) is 93.4 cm³/mol. The highest BCUT2D eigenvalue weighted by Crippen LogP contribution is 2.32. The van der Waals surface area contributed by atoms with Crippen LogP contribution < -0.4 is 4.90 Å². The number of allylic oxidation sites excluding steroid dienone is 1. The zero-order valence-corrected chi connectivity index (χ0v) is 13.8. The van der Waals surface area contributed by atoms with Crippen LogP contribution in [0.5, 0.6) is 5.88 Å². The molecule has 0 fully saturated rings. The molecule has 0 radical (unpaired) electrons. The maximum absolute atomic E-state index is 10.1. The van der Waals surface area contributed by atoms with Crippen LogP contribution in [0.2, 0.25) is 0 Å². The second-order valence-electron chi connectivity index (χ2n) is 6.31. The van der Waals surface area contributed by atoms with E-state index >= 15 is 0 Å². The van der Waals surface area contributed by atoms with E-state index in [1.807, 2.05) is 31.0 Å². The second-order valence-corrected chi connectivity index (χ2v) is 6.31. The van der Waals surface area contributed by atoms with Gasteiger partial charge in [0.1, 0.15) is 5.69 Å². The fourth-order valence-corrected chi connectivity index (χ4v) is 2.63. The van der Waals surface area contributed by atoms with E-state index in [9.17, 15) is 5.11 Å². The number of nitrogens with zero attached hydrogens (tertiary/aromatic N) is 4. The number of anilines is 1. The summed E-state index contributed by atoms with van der Waals surface area (Å²) in [6, 6.07) is 2.04. The molecule has 2 aromatic heterocycles. The smallest absolute Gasteiger partial charge is 0.238 e. The second kappa shape index (κ2) is 5.87. The van der Waals surface area contributed by atoms with Crippen LogP contribution in [0.3, 0.4) is 0 Å². The van der Waals surface area contributed by atoms with Gasteiger partial charge in [0.2, 0.25) is 11.8 Å². The molecule has 2 aromatic rings. The van der Waals surface area contributed by atoms with Gasteiger partial charge in [0.15, 0.2) is 5.82 Å². The molecule has 6 nitrogen and oxygen atoms in total. The van der Waals surface area contributed by atoms with Crippen LogP contribution in [-0.2, 0) is 0 Å². The van der Waals surface area contributed by atoms with Gasteiger partial charge in [0.25, 0.3) is 0 Å². The number of rotatable bonds is 4. The van der Waals surface area contributed by atoms with Gasteiger partial charge in [-0.05, 0) is 30.5 Å². The fourth-order valence-electron chi connectivity index (χ4n) is 2.63. The highest BCUT2D eigenvalue weighted by molar-refractivity contribution is 6.21. The summed E-state index contributed by atoms with van der Waals surface area (Å²) in [6.07, 6.45) is 5.41. The molecule has 1 aliphatic rings. The summed E-state index contributed by atoms with van der Waals surface area (Å²) in [6.45, 7) is 7.14. The number of pyridine rings is 1. The molecule has 0 spiro atoms. The number of hydrogen-bond acceptors (Lipinski definition) is 5. The number of aryl methyl sites for hydroxylation is 1. The van der Waals surface area contributed by atoms with Crippen molar-refractivity contribution in [2.45, 2.75) is 20.8 Å². The molecule has 23 heavy (non-hydrogen) atoms. The molecular weight excluding hydrogens is 290 g/mol. The van der Waals surface area contributed by atoms with Crippen molar-refractivity contribution >= 4 is 29.6 Å². The highest BCUT2D eigenvalue weighted by Gasteiger charge is 2.17. The van der Waals surface area contributed by atoms with Gasteiger partial charge in [-0.15, -0.1) is 0 Å². The van der Waals surface area contributed by atoms with E-state index in [-0.39, 0.29) is 5.88 Å². The zero-order chi connectivity index (χ0) is 16.6. The van der Waals surface area contributed by atoms with Crippen LogP contribution in [0.4, 0.5) is 11.8 Å². The van der Waals surface area contributed by atoms with E-state index in [2.05, 4.69) is 33.8 Å². The highest BCUT2D eigenvalue weighted by atomic mass is 16.3. The van der Waals surface area contributed by atoms with E-state index in [1.165, 1.54) is 0 Å². The number of fused-ring (bicyclic) bond motifs is 1. The summed E-state index contributed by atoms with van der Waals surface area (Å²) in [5, 5.41) is 10.1. The van der Waals surface area contributed by atoms with E-state index in [0.29, 0.717) is 23.4 Å². The first kappa shape index (κ1) is 15.3. The van der Waals surface area contributed by atoms with Gasteiger partial charge < -0.3 is 15.0 Å². The third kappa shape index (κ3) is 3.11. The Kier molecular flexibility index (Phi) is 3.90. The first-order valence-electron chi connectivity index (χ1n) is 7.67. The van der Waals surface area contributed by atoms with Crippen LogP contribution in [0.15, 0.2) is 17.3 Å². The number of aromatic hydroxyl groups is 1. The maximum atomic E-state index is 10.1. The molecule has 3 heterocycles. The third-order valence-electron chi connectivity index (χ3n) is 3.64. The van der Waals surface area contributed by atoms with Gasteiger partial charge in [-0.25, -0.2) is 9.98 Å². The average Bonchev–Trinajstić information content (AvgIpc) is 3.03. The van der Waals surface area contributed by atoms with Crippen LogP contribution in [-0.4, -0.2) is 39.9 Å². The largest absolute Gasteiger partial charge is 0.492 e. The predicted octanol–water partition coefficient (Wildman–Crippen LogP) is 3.17. The Morgan fingerprint density at radius 3 is 2.91 bits per heavy atom. The Labute approximate surface area is 135 Å². The molecule has 1 aliphatic heterocycles. The summed E-state index contributed by atoms with van der Waals surface area (Å²) >= 11 is 0. The van der Waals surface area contributed by atoms with Crippen molar-refractivity contribution in [1.29, 1.82) is 0 Å². The minimum absolute atomic E-state index is 0.00873. The number of H-pyrrole nitrogens is 1. The van der Waals surface area contributed by atoms with Crippen molar-refractivity contribution in [3.05, 3.63) is 29.1 Å².